The summed E-state index contributed by atoms with van der Waals surface area (Å²) in [5.74, 6) is -0.411. The number of hydrogen-bond donors (Lipinski definition) is 3. The Morgan fingerprint density at radius 1 is 1.21 bits per heavy atom. The summed E-state index contributed by atoms with van der Waals surface area (Å²) in [4.78, 5) is 16.1. The van der Waals surface area contributed by atoms with Gasteiger partial charge in [-0.1, -0.05) is 12.1 Å². The molecule has 8 heteroatoms. The minimum absolute atomic E-state index is 0.106. The van der Waals surface area contributed by atoms with Crippen LogP contribution in [0.25, 0.3) is 11.6 Å². The van der Waals surface area contributed by atoms with Gasteiger partial charge in [0.05, 0.1) is 0 Å². The van der Waals surface area contributed by atoms with E-state index in [1.54, 1.807) is 48.8 Å². The number of amides is 1. The second kappa shape index (κ2) is 9.50. The number of aryl methyl sites for hydroxylation is 1. The number of allylic oxidation sites excluding steroid dienone is 1. The Morgan fingerprint density at radius 3 is 2.54 bits per heavy atom. The molecule has 0 spiro atoms. The van der Waals surface area contributed by atoms with Crippen molar-refractivity contribution in [3.63, 3.8) is 0 Å². The van der Waals surface area contributed by atoms with Crippen molar-refractivity contribution in [1.29, 1.82) is 5.41 Å². The number of nitrogens with two attached hydrogens (primary N) is 1. The first-order chi connectivity index (χ1) is 13.3. The van der Waals surface area contributed by atoms with E-state index in [0.717, 1.165) is 6.21 Å². The van der Waals surface area contributed by atoms with Crippen molar-refractivity contribution in [3.8, 4) is 0 Å². The van der Waals surface area contributed by atoms with Crippen LogP contribution in [0.1, 0.15) is 23.1 Å². The lowest BCUT2D eigenvalue weighted by Crippen LogP contribution is -2.09. The summed E-state index contributed by atoms with van der Waals surface area (Å²) in [6.45, 7) is 0. The first-order valence-electron chi connectivity index (χ1n) is 8.34. The maximum atomic E-state index is 12.2. The molecule has 0 fully saturated rings. The minimum atomic E-state index is -4.19. The molecule has 0 radical (unpaired) electrons. The maximum Gasteiger partial charge on any atom is 0.389 e. The van der Waals surface area contributed by atoms with Crippen molar-refractivity contribution >= 4 is 29.5 Å². The third-order valence-corrected chi connectivity index (χ3v) is 3.83. The Balaban J connectivity index is 2.02. The number of benzene rings is 1. The van der Waals surface area contributed by atoms with E-state index < -0.39 is 18.5 Å². The molecule has 1 amide bonds. The van der Waals surface area contributed by atoms with Crippen LogP contribution in [-0.2, 0) is 11.2 Å². The van der Waals surface area contributed by atoms with Crippen LogP contribution in [0.3, 0.4) is 0 Å². The maximum absolute atomic E-state index is 12.2. The molecule has 2 rings (SSSR count). The molecule has 0 unspecified atom stereocenters. The second-order valence-corrected chi connectivity index (χ2v) is 5.86. The zero-order valence-electron chi connectivity index (χ0n) is 14.8. The van der Waals surface area contributed by atoms with Crippen LogP contribution in [0.15, 0.2) is 55.0 Å². The van der Waals surface area contributed by atoms with Crippen LogP contribution in [0, 0.1) is 5.41 Å². The molecule has 0 saturated carbocycles. The van der Waals surface area contributed by atoms with Gasteiger partial charge in [-0.3, -0.25) is 9.78 Å². The highest BCUT2D eigenvalue weighted by Gasteiger charge is 2.26. The molecule has 1 aromatic heterocycles. The summed E-state index contributed by atoms with van der Waals surface area (Å²) in [5.41, 5.74) is 8.26. The summed E-state index contributed by atoms with van der Waals surface area (Å²) in [5, 5.41) is 10.0. The Labute approximate surface area is 160 Å². The van der Waals surface area contributed by atoms with Crippen molar-refractivity contribution in [2.24, 2.45) is 5.73 Å². The van der Waals surface area contributed by atoms with Crippen LogP contribution in [-0.4, -0.2) is 23.3 Å². The van der Waals surface area contributed by atoms with E-state index in [9.17, 15) is 18.0 Å². The number of rotatable bonds is 7. The van der Waals surface area contributed by atoms with E-state index >= 15 is 0 Å². The van der Waals surface area contributed by atoms with Gasteiger partial charge in [-0.15, -0.1) is 0 Å². The van der Waals surface area contributed by atoms with Gasteiger partial charge >= 0.3 is 6.18 Å². The molecule has 0 bridgehead atoms. The van der Waals surface area contributed by atoms with Crippen molar-refractivity contribution in [2.75, 3.05) is 5.32 Å². The number of carbonyl (C=O) groups excluding carboxylic acids is 1. The summed E-state index contributed by atoms with van der Waals surface area (Å²) in [6.07, 6.45) is 3.15. The number of hydrogen-bond acceptors (Lipinski definition) is 4. The van der Waals surface area contributed by atoms with Gasteiger partial charge in [0.2, 0.25) is 5.91 Å². The van der Waals surface area contributed by atoms with Crippen LogP contribution in [0.4, 0.5) is 18.9 Å². The van der Waals surface area contributed by atoms with E-state index in [-0.39, 0.29) is 6.42 Å². The van der Waals surface area contributed by atoms with Gasteiger partial charge in [0.25, 0.3) is 0 Å². The SMILES string of the molecule is N=C/C(=C\N)c1ccncc1/C=C/C(=O)Nc1ccc(CCC(F)(F)F)cc1. The van der Waals surface area contributed by atoms with E-state index in [2.05, 4.69) is 10.3 Å². The van der Waals surface area contributed by atoms with E-state index in [4.69, 9.17) is 11.1 Å². The van der Waals surface area contributed by atoms with Crippen molar-refractivity contribution in [1.82, 2.24) is 4.98 Å². The Bertz CT molecular complexity index is 887. The number of aromatic nitrogens is 1. The molecule has 0 atom stereocenters. The molecule has 1 aromatic carbocycles. The van der Waals surface area contributed by atoms with Gasteiger partial charge in [0.1, 0.15) is 0 Å². The Morgan fingerprint density at radius 2 is 1.93 bits per heavy atom. The van der Waals surface area contributed by atoms with Gasteiger partial charge in [0, 0.05) is 54.1 Å². The van der Waals surface area contributed by atoms with Crippen LogP contribution in [0.5, 0.6) is 0 Å². The highest BCUT2D eigenvalue weighted by molar-refractivity contribution is 6.10. The number of alkyl halides is 3. The average Bonchev–Trinajstić information content (AvgIpc) is 2.67. The molecule has 28 heavy (non-hydrogen) atoms. The fraction of sp³-hybridized carbons (Fsp3) is 0.150. The zero-order chi connectivity index (χ0) is 20.6. The molecular formula is C20H19F3N4O. The lowest BCUT2D eigenvalue weighted by atomic mass is 10.0. The van der Waals surface area contributed by atoms with Crippen molar-refractivity contribution in [3.05, 3.63) is 71.7 Å². The lowest BCUT2D eigenvalue weighted by molar-refractivity contribution is -0.134. The molecule has 146 valence electrons. The largest absolute Gasteiger partial charge is 0.404 e. The molecule has 0 aliphatic heterocycles. The number of carbonyl (C=O) groups is 1. The molecule has 0 aliphatic rings. The summed E-state index contributed by atoms with van der Waals surface area (Å²) < 4.78 is 36.7. The quantitative estimate of drug-likeness (QED) is 0.491. The smallest absolute Gasteiger partial charge is 0.389 e. The topological polar surface area (TPSA) is 91.9 Å². The van der Waals surface area contributed by atoms with E-state index in [1.165, 1.54) is 12.3 Å². The van der Waals surface area contributed by atoms with Crippen molar-refractivity contribution < 1.29 is 18.0 Å². The molecule has 2 aromatic rings. The Kier molecular flexibility index (Phi) is 7.08. The van der Waals surface area contributed by atoms with Crippen LogP contribution in [0.2, 0.25) is 0 Å². The summed E-state index contributed by atoms with van der Waals surface area (Å²) >= 11 is 0. The Hall–Kier alpha value is -3.42. The number of nitrogens with one attached hydrogen (secondary N) is 2. The molecular weight excluding hydrogens is 369 g/mol. The normalized spacial score (nSPS) is 12.2. The van der Waals surface area contributed by atoms with E-state index in [0.29, 0.717) is 28.0 Å². The number of nitrogens with zero attached hydrogens (tertiary/aromatic N) is 1. The van der Waals surface area contributed by atoms with Gasteiger partial charge in [0.15, 0.2) is 0 Å². The third-order valence-electron chi connectivity index (χ3n) is 3.83. The van der Waals surface area contributed by atoms with E-state index in [1.807, 2.05) is 0 Å². The van der Waals surface area contributed by atoms with Gasteiger partial charge in [-0.05, 0) is 41.8 Å². The number of halogens is 3. The molecule has 1 heterocycles. The fourth-order valence-electron chi connectivity index (χ4n) is 2.41. The third kappa shape index (κ3) is 6.39. The predicted octanol–water partition coefficient (Wildman–Crippen LogP) is 4.18. The van der Waals surface area contributed by atoms with Crippen LogP contribution >= 0.6 is 0 Å². The van der Waals surface area contributed by atoms with Crippen molar-refractivity contribution in [2.45, 2.75) is 19.0 Å². The standard InChI is InChI=1S/C20H19F3N4O/c21-20(22,23)9-7-14-1-4-17(5-2-14)27-19(28)6-3-15-13-26-10-8-18(15)16(11-24)12-25/h1-6,8,10-13,24H,7,9,25H2,(H,27,28)/b6-3+,16-12+,24-11?. The minimum Gasteiger partial charge on any atom is -0.404 e. The predicted molar refractivity (Wildman–Crippen MR) is 104 cm³/mol. The molecule has 0 saturated heterocycles. The summed E-state index contributed by atoms with van der Waals surface area (Å²) in [6, 6.07) is 7.88. The first kappa shape index (κ1) is 20.9. The van der Waals surface area contributed by atoms with Gasteiger partial charge in [-0.25, -0.2) is 0 Å². The zero-order valence-corrected chi connectivity index (χ0v) is 14.8. The highest BCUT2D eigenvalue weighted by atomic mass is 19.4. The number of pyridine rings is 1. The molecule has 4 N–H and O–H groups in total. The van der Waals surface area contributed by atoms with Crippen LogP contribution < -0.4 is 11.1 Å². The number of anilines is 1. The molecule has 0 aliphatic carbocycles. The summed E-state index contributed by atoms with van der Waals surface area (Å²) in [7, 11) is 0. The van der Waals surface area contributed by atoms with Gasteiger partial charge < -0.3 is 16.5 Å². The highest BCUT2D eigenvalue weighted by Crippen LogP contribution is 2.22. The fourth-order valence-corrected chi connectivity index (χ4v) is 2.41. The average molecular weight is 388 g/mol. The van der Waals surface area contributed by atoms with Gasteiger partial charge in [-0.2, -0.15) is 13.2 Å². The molecule has 5 nitrogen and oxygen atoms in total. The second-order valence-electron chi connectivity index (χ2n) is 5.86. The first-order valence-corrected chi connectivity index (χ1v) is 8.34. The lowest BCUT2D eigenvalue weighted by Gasteiger charge is -2.07. The monoisotopic (exact) mass is 388 g/mol.